The number of hydrogen-bond acceptors (Lipinski definition) is 6. The molecule has 0 spiro atoms. The number of rotatable bonds is 4. The first-order valence-electron chi connectivity index (χ1n) is 9.08. The molecule has 0 bridgehead atoms. The maximum absolute atomic E-state index is 13.9. The topological polar surface area (TPSA) is 101 Å². The number of anilines is 1. The van der Waals surface area contributed by atoms with Crippen LogP contribution in [0.2, 0.25) is 0 Å². The van der Waals surface area contributed by atoms with E-state index in [1.54, 1.807) is 48.4 Å². The van der Waals surface area contributed by atoms with E-state index < -0.39 is 0 Å². The van der Waals surface area contributed by atoms with Gasteiger partial charge in [0, 0.05) is 30.6 Å². The predicted molar refractivity (Wildman–Crippen MR) is 100 cm³/mol. The highest BCUT2D eigenvalue weighted by molar-refractivity contribution is 5.96. The summed E-state index contributed by atoms with van der Waals surface area (Å²) < 4.78 is 24.6. The number of H-pyrrole nitrogens is 1. The lowest BCUT2D eigenvalue weighted by molar-refractivity contribution is -0.117. The Hall–Kier alpha value is -3.75. The van der Waals surface area contributed by atoms with Gasteiger partial charge in [0.1, 0.15) is 17.2 Å². The van der Waals surface area contributed by atoms with E-state index in [-0.39, 0.29) is 30.0 Å². The Morgan fingerprint density at radius 1 is 1.28 bits per heavy atom. The lowest BCUT2D eigenvalue weighted by Gasteiger charge is -2.16. The van der Waals surface area contributed by atoms with Crippen LogP contribution in [0.25, 0.3) is 23.0 Å². The molecule has 1 aliphatic heterocycles. The fourth-order valence-corrected chi connectivity index (χ4v) is 3.37. The lowest BCUT2D eigenvalue weighted by Crippen LogP contribution is -2.24. The Balaban J connectivity index is 1.36. The van der Waals surface area contributed by atoms with E-state index in [9.17, 15) is 9.18 Å². The zero-order chi connectivity index (χ0) is 20.0. The normalized spacial score (nSPS) is 16.7. The van der Waals surface area contributed by atoms with Crippen molar-refractivity contribution >= 4 is 11.6 Å². The van der Waals surface area contributed by atoms with Crippen molar-refractivity contribution < 1.29 is 18.1 Å². The summed E-state index contributed by atoms with van der Waals surface area (Å²) >= 11 is 0. The number of halogens is 1. The van der Waals surface area contributed by atoms with E-state index in [0.717, 1.165) is 0 Å². The van der Waals surface area contributed by atoms with Gasteiger partial charge in [-0.1, -0.05) is 11.2 Å². The first-order chi connectivity index (χ1) is 14.1. The van der Waals surface area contributed by atoms with Crippen LogP contribution in [0.4, 0.5) is 10.1 Å². The maximum atomic E-state index is 13.9. The smallest absolute Gasteiger partial charge is 0.275 e. The first-order valence-corrected chi connectivity index (χ1v) is 9.08. The average Bonchev–Trinajstić information content (AvgIpc) is 3.49. The number of carbonyl (C=O) groups is 1. The third-order valence-corrected chi connectivity index (χ3v) is 4.98. The van der Waals surface area contributed by atoms with Crippen LogP contribution < -0.4 is 4.90 Å². The Kier molecular flexibility index (Phi) is 4.01. The molecule has 1 amide bonds. The molecule has 1 fully saturated rings. The summed E-state index contributed by atoms with van der Waals surface area (Å²) in [6.07, 6.45) is 1.80. The van der Waals surface area contributed by atoms with Gasteiger partial charge in [0.2, 0.25) is 5.91 Å². The molecule has 1 atom stereocenters. The molecule has 146 valence electrons. The molecule has 8 nitrogen and oxygen atoms in total. The van der Waals surface area contributed by atoms with Crippen molar-refractivity contribution in [3.8, 4) is 23.0 Å². The second-order valence-corrected chi connectivity index (χ2v) is 6.94. The molecule has 1 saturated heterocycles. The minimum Gasteiger partial charge on any atom is -0.463 e. The van der Waals surface area contributed by atoms with Crippen LogP contribution in [0.15, 0.2) is 51.6 Å². The number of benzene rings is 1. The highest BCUT2D eigenvalue weighted by Crippen LogP contribution is 2.32. The molecular weight excluding hydrogens is 377 g/mol. The van der Waals surface area contributed by atoms with E-state index in [0.29, 0.717) is 40.8 Å². The third kappa shape index (κ3) is 3.10. The molecule has 9 heteroatoms. The second-order valence-electron chi connectivity index (χ2n) is 6.94. The average molecular weight is 393 g/mol. The minimum atomic E-state index is -0.341. The van der Waals surface area contributed by atoms with E-state index in [1.807, 2.05) is 0 Å². The van der Waals surface area contributed by atoms with E-state index >= 15 is 0 Å². The van der Waals surface area contributed by atoms with Crippen molar-refractivity contribution in [1.29, 1.82) is 0 Å². The number of aryl methyl sites for hydroxylation is 1. The Morgan fingerprint density at radius 3 is 2.97 bits per heavy atom. The number of hydrogen-bond donors (Lipinski definition) is 1. The van der Waals surface area contributed by atoms with Gasteiger partial charge in [0.25, 0.3) is 5.89 Å². The molecule has 5 rings (SSSR count). The van der Waals surface area contributed by atoms with Crippen molar-refractivity contribution in [2.24, 2.45) is 0 Å². The van der Waals surface area contributed by atoms with Crippen LogP contribution in [0, 0.1) is 12.7 Å². The van der Waals surface area contributed by atoms with Crippen molar-refractivity contribution in [2.75, 3.05) is 11.4 Å². The summed E-state index contributed by atoms with van der Waals surface area (Å²) in [5.74, 6) is 0.639. The second kappa shape index (κ2) is 6.69. The van der Waals surface area contributed by atoms with Crippen molar-refractivity contribution in [1.82, 2.24) is 20.3 Å². The highest BCUT2D eigenvalue weighted by atomic mass is 19.1. The van der Waals surface area contributed by atoms with Crippen LogP contribution in [-0.2, 0) is 4.79 Å². The molecule has 0 radical (unpaired) electrons. The van der Waals surface area contributed by atoms with Gasteiger partial charge in [-0.2, -0.15) is 10.1 Å². The molecule has 4 aromatic rings. The lowest BCUT2D eigenvalue weighted by atomic mass is 10.1. The highest BCUT2D eigenvalue weighted by Gasteiger charge is 2.35. The Labute approximate surface area is 164 Å². The van der Waals surface area contributed by atoms with Gasteiger partial charge in [-0.05, 0) is 36.8 Å². The van der Waals surface area contributed by atoms with Crippen LogP contribution in [0.1, 0.15) is 23.7 Å². The Morgan fingerprint density at radius 2 is 2.17 bits per heavy atom. The summed E-state index contributed by atoms with van der Waals surface area (Å²) in [6, 6.07) is 10.1. The molecule has 0 saturated carbocycles. The number of aromatic amines is 1. The van der Waals surface area contributed by atoms with Gasteiger partial charge in [0.15, 0.2) is 11.6 Å². The first kappa shape index (κ1) is 17.4. The number of furan rings is 1. The standard InChI is InChI=1S/C20H16FN5O3/c1-11-4-5-13(8-14(11)21)26-10-12(7-18(26)27)19-22-20(29-25-19)16-9-15(23-24-16)17-3-2-6-28-17/h2-6,8-9,12H,7,10H2,1H3,(H,23,24). The summed E-state index contributed by atoms with van der Waals surface area (Å²) in [5.41, 5.74) is 2.24. The van der Waals surface area contributed by atoms with Gasteiger partial charge < -0.3 is 13.8 Å². The minimum absolute atomic E-state index is 0.105. The van der Waals surface area contributed by atoms with E-state index in [4.69, 9.17) is 8.94 Å². The number of amides is 1. The third-order valence-electron chi connectivity index (χ3n) is 4.98. The van der Waals surface area contributed by atoms with Gasteiger partial charge >= 0.3 is 0 Å². The monoisotopic (exact) mass is 393 g/mol. The van der Waals surface area contributed by atoms with E-state index in [1.165, 1.54) is 6.07 Å². The number of carbonyl (C=O) groups excluding carboxylic acids is 1. The molecule has 1 aliphatic rings. The SMILES string of the molecule is Cc1ccc(N2CC(c3noc(-c4cc(-c5ccco5)n[nH]4)n3)CC2=O)cc1F. The Bertz CT molecular complexity index is 1180. The van der Waals surface area contributed by atoms with Gasteiger partial charge in [-0.15, -0.1) is 0 Å². The van der Waals surface area contributed by atoms with Gasteiger partial charge in [0.05, 0.1) is 6.26 Å². The molecule has 1 aromatic carbocycles. The van der Waals surface area contributed by atoms with Crippen LogP contribution in [0.3, 0.4) is 0 Å². The fourth-order valence-electron chi connectivity index (χ4n) is 3.37. The van der Waals surface area contributed by atoms with Crippen LogP contribution >= 0.6 is 0 Å². The molecule has 4 heterocycles. The zero-order valence-electron chi connectivity index (χ0n) is 15.4. The molecule has 1 unspecified atom stereocenters. The molecule has 0 aliphatic carbocycles. The van der Waals surface area contributed by atoms with Crippen molar-refractivity contribution in [3.63, 3.8) is 0 Å². The molecular formula is C20H16FN5O3. The fraction of sp³-hybridized carbons (Fsp3) is 0.200. The number of nitrogens with one attached hydrogen (secondary N) is 1. The van der Waals surface area contributed by atoms with Crippen LogP contribution in [0.5, 0.6) is 0 Å². The summed E-state index contributed by atoms with van der Waals surface area (Å²) in [4.78, 5) is 18.4. The molecule has 3 aromatic heterocycles. The zero-order valence-corrected chi connectivity index (χ0v) is 15.4. The predicted octanol–water partition coefficient (Wildman–Crippen LogP) is 3.69. The van der Waals surface area contributed by atoms with Crippen molar-refractivity contribution in [3.05, 3.63) is 59.9 Å². The van der Waals surface area contributed by atoms with E-state index in [2.05, 4.69) is 20.3 Å². The molecule has 1 N–H and O–H groups in total. The summed E-state index contributed by atoms with van der Waals surface area (Å²) in [5, 5.41) is 11.1. The van der Waals surface area contributed by atoms with Gasteiger partial charge in [-0.25, -0.2) is 4.39 Å². The number of nitrogens with zero attached hydrogens (tertiary/aromatic N) is 4. The quantitative estimate of drug-likeness (QED) is 0.567. The largest absolute Gasteiger partial charge is 0.463 e. The maximum Gasteiger partial charge on any atom is 0.275 e. The van der Waals surface area contributed by atoms with Crippen molar-refractivity contribution in [2.45, 2.75) is 19.3 Å². The summed E-state index contributed by atoms with van der Waals surface area (Å²) in [6.45, 7) is 2.04. The van der Waals surface area contributed by atoms with Gasteiger partial charge in [-0.3, -0.25) is 9.89 Å². The van der Waals surface area contributed by atoms with Crippen LogP contribution in [-0.4, -0.2) is 32.8 Å². The summed E-state index contributed by atoms with van der Waals surface area (Å²) in [7, 11) is 0. The molecule has 29 heavy (non-hydrogen) atoms. The number of aromatic nitrogens is 4.